The Morgan fingerprint density at radius 2 is 1.74 bits per heavy atom. The van der Waals surface area contributed by atoms with E-state index in [1.54, 1.807) is 30.3 Å². The smallest absolute Gasteiger partial charge is 0.338 e. The lowest BCUT2D eigenvalue weighted by molar-refractivity contribution is -0.126. The zero-order valence-corrected chi connectivity index (χ0v) is 19.0. The summed E-state index contributed by atoms with van der Waals surface area (Å²) in [5.74, 6) is -0.720. The number of carbonyl (C=O) groups excluding carboxylic acids is 3. The Kier molecular flexibility index (Phi) is 9.83. The van der Waals surface area contributed by atoms with Crippen LogP contribution in [0.2, 0.25) is 0 Å². The molecule has 9 heteroatoms. The van der Waals surface area contributed by atoms with Gasteiger partial charge in [-0.15, -0.1) is 0 Å². The molecule has 0 fully saturated rings. The largest absolute Gasteiger partial charge is 0.490 e. The van der Waals surface area contributed by atoms with Crippen molar-refractivity contribution in [1.29, 1.82) is 0 Å². The molecule has 0 bridgehead atoms. The highest BCUT2D eigenvalue weighted by molar-refractivity contribution is 9.10. The van der Waals surface area contributed by atoms with E-state index in [0.29, 0.717) is 30.4 Å². The van der Waals surface area contributed by atoms with Crippen LogP contribution in [-0.4, -0.2) is 44.1 Å². The number of para-hydroxylation sites is 1. The zero-order chi connectivity index (χ0) is 22.6. The van der Waals surface area contributed by atoms with Gasteiger partial charge in [-0.25, -0.2) is 4.79 Å². The Bertz CT molecular complexity index is 919. The number of nitrogens with one attached hydrogen (secondary N) is 2. The van der Waals surface area contributed by atoms with Gasteiger partial charge in [0, 0.05) is 4.47 Å². The van der Waals surface area contributed by atoms with Crippen LogP contribution in [0.5, 0.6) is 11.5 Å². The second kappa shape index (κ2) is 12.6. The first-order valence-electron chi connectivity index (χ1n) is 9.82. The Labute approximate surface area is 189 Å². The molecule has 2 rings (SSSR count). The van der Waals surface area contributed by atoms with Crippen LogP contribution >= 0.6 is 15.9 Å². The van der Waals surface area contributed by atoms with E-state index in [2.05, 4.69) is 26.6 Å². The molecule has 8 nitrogen and oxygen atoms in total. The van der Waals surface area contributed by atoms with Crippen molar-refractivity contribution in [2.24, 2.45) is 0 Å². The SMILES string of the molecule is CCCOc1ccc(C(=O)OCC(=O)NCC(=O)Nc2ccccc2Br)cc1OCC. The van der Waals surface area contributed by atoms with Gasteiger partial charge in [-0.1, -0.05) is 19.1 Å². The van der Waals surface area contributed by atoms with E-state index in [0.717, 1.165) is 10.9 Å². The standard InChI is InChI=1S/C22H25BrN2O6/c1-3-11-30-18-10-9-15(12-19(18)29-4-2)22(28)31-14-21(27)24-13-20(26)25-17-8-6-5-7-16(17)23/h5-10,12H,3-4,11,13-14H2,1-2H3,(H,24,27)(H,25,26). The average molecular weight is 493 g/mol. The molecule has 2 N–H and O–H groups in total. The molecular weight excluding hydrogens is 468 g/mol. The number of carbonyl (C=O) groups is 3. The van der Waals surface area contributed by atoms with Crippen LogP contribution in [0.3, 0.4) is 0 Å². The molecule has 0 saturated heterocycles. The van der Waals surface area contributed by atoms with Crippen molar-refractivity contribution in [3.05, 3.63) is 52.5 Å². The second-order valence-electron chi connectivity index (χ2n) is 6.32. The molecule has 0 aliphatic rings. The number of ether oxygens (including phenoxy) is 3. The highest BCUT2D eigenvalue weighted by Crippen LogP contribution is 2.29. The van der Waals surface area contributed by atoms with E-state index >= 15 is 0 Å². The second-order valence-corrected chi connectivity index (χ2v) is 7.18. The van der Waals surface area contributed by atoms with Gasteiger partial charge < -0.3 is 24.8 Å². The lowest BCUT2D eigenvalue weighted by atomic mass is 10.2. The van der Waals surface area contributed by atoms with Gasteiger partial charge in [0.2, 0.25) is 5.91 Å². The number of halogens is 1. The first-order chi connectivity index (χ1) is 14.9. The van der Waals surface area contributed by atoms with Gasteiger partial charge >= 0.3 is 5.97 Å². The minimum atomic E-state index is -0.684. The number of anilines is 1. The summed E-state index contributed by atoms with van der Waals surface area (Å²) in [6, 6.07) is 11.8. The number of hydrogen-bond donors (Lipinski definition) is 2. The first-order valence-corrected chi connectivity index (χ1v) is 10.6. The van der Waals surface area contributed by atoms with Gasteiger partial charge in [0.25, 0.3) is 5.91 Å². The van der Waals surface area contributed by atoms with Gasteiger partial charge in [-0.2, -0.15) is 0 Å². The number of hydrogen-bond acceptors (Lipinski definition) is 6. The first kappa shape index (κ1) is 24.2. The summed E-state index contributed by atoms with van der Waals surface area (Å²) < 4.78 is 16.9. The lowest BCUT2D eigenvalue weighted by Crippen LogP contribution is -2.35. The molecule has 0 saturated carbocycles. The third-order valence-corrected chi connectivity index (χ3v) is 4.56. The zero-order valence-electron chi connectivity index (χ0n) is 17.4. The fourth-order valence-corrected chi connectivity index (χ4v) is 2.82. The molecule has 2 aromatic carbocycles. The van der Waals surface area contributed by atoms with Gasteiger partial charge in [0.1, 0.15) is 0 Å². The minimum absolute atomic E-state index is 0.228. The van der Waals surface area contributed by atoms with Crippen LogP contribution in [-0.2, 0) is 14.3 Å². The Morgan fingerprint density at radius 3 is 2.45 bits per heavy atom. The van der Waals surface area contributed by atoms with Gasteiger partial charge in [-0.3, -0.25) is 9.59 Å². The highest BCUT2D eigenvalue weighted by atomic mass is 79.9. The molecule has 31 heavy (non-hydrogen) atoms. The van der Waals surface area contributed by atoms with Crippen molar-refractivity contribution < 1.29 is 28.6 Å². The summed E-state index contributed by atoms with van der Waals surface area (Å²) in [6.45, 7) is 3.98. The summed E-state index contributed by atoms with van der Waals surface area (Å²) in [4.78, 5) is 36.1. The van der Waals surface area contributed by atoms with Crippen molar-refractivity contribution in [2.45, 2.75) is 20.3 Å². The Morgan fingerprint density at radius 1 is 0.968 bits per heavy atom. The quantitative estimate of drug-likeness (QED) is 0.465. The number of benzene rings is 2. The van der Waals surface area contributed by atoms with Crippen molar-refractivity contribution in [3.63, 3.8) is 0 Å². The van der Waals surface area contributed by atoms with Crippen molar-refractivity contribution in [1.82, 2.24) is 5.32 Å². The molecule has 0 unspecified atom stereocenters. The monoisotopic (exact) mass is 492 g/mol. The average Bonchev–Trinajstić information content (AvgIpc) is 2.77. The molecule has 0 aliphatic heterocycles. The van der Waals surface area contributed by atoms with Gasteiger partial charge in [-0.05, 0) is 59.6 Å². The fourth-order valence-electron chi connectivity index (χ4n) is 2.44. The summed E-state index contributed by atoms with van der Waals surface area (Å²) in [5.41, 5.74) is 0.816. The molecule has 0 atom stereocenters. The predicted molar refractivity (Wildman–Crippen MR) is 119 cm³/mol. The molecule has 2 amide bonds. The summed E-state index contributed by atoms with van der Waals surface area (Å²) in [5, 5.41) is 5.06. The predicted octanol–water partition coefficient (Wildman–Crippen LogP) is 3.55. The molecule has 0 aliphatic carbocycles. The summed E-state index contributed by atoms with van der Waals surface area (Å²) >= 11 is 3.32. The number of amides is 2. The molecule has 166 valence electrons. The number of esters is 1. The Balaban J connectivity index is 1.83. The van der Waals surface area contributed by atoms with E-state index in [1.807, 2.05) is 19.9 Å². The Hall–Kier alpha value is -3.07. The van der Waals surface area contributed by atoms with Crippen LogP contribution in [0.25, 0.3) is 0 Å². The molecule has 0 heterocycles. The lowest BCUT2D eigenvalue weighted by Gasteiger charge is -2.13. The molecule has 0 spiro atoms. The third-order valence-electron chi connectivity index (χ3n) is 3.87. The third kappa shape index (κ3) is 7.93. The maximum absolute atomic E-state index is 12.3. The van der Waals surface area contributed by atoms with Crippen molar-refractivity contribution >= 4 is 39.4 Å². The topological polar surface area (TPSA) is 103 Å². The summed E-state index contributed by atoms with van der Waals surface area (Å²) in [7, 11) is 0. The van der Waals surface area contributed by atoms with Crippen LogP contribution in [0.15, 0.2) is 46.9 Å². The normalized spacial score (nSPS) is 10.2. The van der Waals surface area contributed by atoms with E-state index in [-0.39, 0.29) is 12.1 Å². The van der Waals surface area contributed by atoms with E-state index < -0.39 is 24.4 Å². The molecule has 0 aromatic heterocycles. The highest BCUT2D eigenvalue weighted by Gasteiger charge is 2.15. The summed E-state index contributed by atoms with van der Waals surface area (Å²) in [6.07, 6.45) is 0.838. The van der Waals surface area contributed by atoms with Crippen LogP contribution in [0, 0.1) is 0 Å². The van der Waals surface area contributed by atoms with Crippen LogP contribution in [0.4, 0.5) is 5.69 Å². The molecule has 0 radical (unpaired) electrons. The van der Waals surface area contributed by atoms with Gasteiger partial charge in [0.05, 0.1) is 31.0 Å². The molecular formula is C22H25BrN2O6. The van der Waals surface area contributed by atoms with Gasteiger partial charge in [0.15, 0.2) is 18.1 Å². The molecule has 2 aromatic rings. The van der Waals surface area contributed by atoms with Crippen molar-refractivity contribution in [3.8, 4) is 11.5 Å². The van der Waals surface area contributed by atoms with E-state index in [9.17, 15) is 14.4 Å². The fraction of sp³-hybridized carbons (Fsp3) is 0.318. The van der Waals surface area contributed by atoms with E-state index in [1.165, 1.54) is 6.07 Å². The number of rotatable bonds is 11. The van der Waals surface area contributed by atoms with Crippen LogP contribution < -0.4 is 20.1 Å². The minimum Gasteiger partial charge on any atom is -0.490 e. The maximum Gasteiger partial charge on any atom is 0.338 e. The van der Waals surface area contributed by atoms with Crippen molar-refractivity contribution in [2.75, 3.05) is 31.7 Å². The van der Waals surface area contributed by atoms with E-state index in [4.69, 9.17) is 14.2 Å². The van der Waals surface area contributed by atoms with Crippen LogP contribution in [0.1, 0.15) is 30.6 Å². The maximum atomic E-state index is 12.3.